The van der Waals surface area contributed by atoms with Gasteiger partial charge in [0.2, 0.25) is 5.91 Å². The lowest BCUT2D eigenvalue weighted by Crippen LogP contribution is -2.39. The van der Waals surface area contributed by atoms with Crippen LogP contribution in [0.25, 0.3) is 0 Å². The van der Waals surface area contributed by atoms with Crippen molar-refractivity contribution in [3.63, 3.8) is 0 Å². The van der Waals surface area contributed by atoms with Crippen molar-refractivity contribution in [1.82, 2.24) is 5.32 Å². The van der Waals surface area contributed by atoms with E-state index in [1.165, 1.54) is 12.8 Å². The van der Waals surface area contributed by atoms with E-state index in [0.717, 1.165) is 31.6 Å². The van der Waals surface area contributed by atoms with Crippen LogP contribution in [-0.2, 0) is 14.3 Å². The Balaban J connectivity index is 1.73. The molecule has 25 heavy (non-hydrogen) atoms. The normalized spacial score (nSPS) is 26.8. The molecule has 2 N–H and O–H groups in total. The highest BCUT2D eigenvalue weighted by Gasteiger charge is 2.32. The molecule has 1 aliphatic heterocycles. The highest BCUT2D eigenvalue weighted by atomic mass is 16.5. The minimum Gasteiger partial charge on any atom is -0.481 e. The van der Waals surface area contributed by atoms with E-state index in [0.29, 0.717) is 31.0 Å². The molecule has 1 heterocycles. The zero-order valence-electron chi connectivity index (χ0n) is 16.1. The maximum absolute atomic E-state index is 12.3. The topological polar surface area (TPSA) is 75.6 Å². The first-order chi connectivity index (χ1) is 11.8. The standard InChI is InChI=1S/C20H35NO4/c1-20(2,3)16-6-4-14(5-7-16)12-18(22)21-13-17(19(23)24)15-8-10-25-11-9-15/h14-17H,4-13H2,1-3H3,(H,21,22)(H,23,24). The van der Waals surface area contributed by atoms with Crippen molar-refractivity contribution in [2.75, 3.05) is 19.8 Å². The average Bonchev–Trinajstić information content (AvgIpc) is 2.55. The molecule has 0 radical (unpaired) electrons. The second kappa shape index (κ2) is 9.02. The van der Waals surface area contributed by atoms with Crippen LogP contribution in [0.3, 0.4) is 0 Å². The quantitative estimate of drug-likeness (QED) is 0.766. The van der Waals surface area contributed by atoms with Crippen LogP contribution in [0.4, 0.5) is 0 Å². The highest BCUT2D eigenvalue weighted by molar-refractivity contribution is 5.77. The summed E-state index contributed by atoms with van der Waals surface area (Å²) >= 11 is 0. The van der Waals surface area contributed by atoms with Gasteiger partial charge in [0.15, 0.2) is 0 Å². The smallest absolute Gasteiger partial charge is 0.308 e. The Labute approximate surface area is 151 Å². The number of amides is 1. The first kappa shape index (κ1) is 20.2. The largest absolute Gasteiger partial charge is 0.481 e. The van der Waals surface area contributed by atoms with Gasteiger partial charge in [-0.25, -0.2) is 0 Å². The van der Waals surface area contributed by atoms with Crippen LogP contribution >= 0.6 is 0 Å². The summed E-state index contributed by atoms with van der Waals surface area (Å²) in [5, 5.41) is 12.4. The Morgan fingerprint density at radius 3 is 2.20 bits per heavy atom. The van der Waals surface area contributed by atoms with Crippen molar-refractivity contribution in [3.05, 3.63) is 0 Å². The Morgan fingerprint density at radius 2 is 1.68 bits per heavy atom. The zero-order chi connectivity index (χ0) is 18.4. The van der Waals surface area contributed by atoms with E-state index in [1.54, 1.807) is 0 Å². The van der Waals surface area contributed by atoms with Crippen molar-refractivity contribution < 1.29 is 19.4 Å². The lowest BCUT2D eigenvalue weighted by Gasteiger charge is -2.36. The molecule has 1 saturated carbocycles. The lowest BCUT2D eigenvalue weighted by atomic mass is 9.69. The van der Waals surface area contributed by atoms with Gasteiger partial charge in [-0.3, -0.25) is 9.59 Å². The summed E-state index contributed by atoms with van der Waals surface area (Å²) in [4.78, 5) is 23.8. The molecule has 0 aromatic heterocycles. The summed E-state index contributed by atoms with van der Waals surface area (Å²) in [6, 6.07) is 0. The number of carboxylic acids is 1. The predicted molar refractivity (Wildman–Crippen MR) is 97.2 cm³/mol. The molecule has 1 unspecified atom stereocenters. The van der Waals surface area contributed by atoms with E-state index in [2.05, 4.69) is 26.1 Å². The van der Waals surface area contributed by atoms with Gasteiger partial charge in [0.05, 0.1) is 5.92 Å². The molecule has 0 bridgehead atoms. The van der Waals surface area contributed by atoms with Gasteiger partial charge in [-0.1, -0.05) is 20.8 Å². The van der Waals surface area contributed by atoms with Crippen molar-refractivity contribution in [1.29, 1.82) is 0 Å². The number of hydrogen-bond donors (Lipinski definition) is 2. The molecular formula is C20H35NO4. The lowest BCUT2D eigenvalue weighted by molar-refractivity contribution is -0.145. The highest BCUT2D eigenvalue weighted by Crippen LogP contribution is 2.40. The van der Waals surface area contributed by atoms with Crippen LogP contribution in [0, 0.1) is 29.1 Å². The molecule has 1 atom stereocenters. The minimum atomic E-state index is -0.808. The second-order valence-electron chi connectivity index (χ2n) is 8.99. The third-order valence-electron chi connectivity index (χ3n) is 6.22. The molecule has 0 aromatic carbocycles. The van der Waals surface area contributed by atoms with Crippen LogP contribution in [-0.4, -0.2) is 36.7 Å². The number of ether oxygens (including phenoxy) is 1. The van der Waals surface area contributed by atoms with Crippen LogP contribution in [0.5, 0.6) is 0 Å². The van der Waals surface area contributed by atoms with Crippen molar-refractivity contribution in [2.45, 2.75) is 65.7 Å². The SMILES string of the molecule is CC(C)(C)C1CCC(CC(=O)NCC(C(=O)O)C2CCOCC2)CC1. The Bertz CT molecular complexity index is 443. The zero-order valence-corrected chi connectivity index (χ0v) is 16.1. The van der Waals surface area contributed by atoms with Crippen molar-refractivity contribution in [3.8, 4) is 0 Å². The Kier molecular flexibility index (Phi) is 7.29. The third-order valence-corrected chi connectivity index (χ3v) is 6.22. The summed E-state index contributed by atoms with van der Waals surface area (Å²) in [6.45, 7) is 8.39. The van der Waals surface area contributed by atoms with Crippen molar-refractivity contribution in [2.24, 2.45) is 29.1 Å². The summed E-state index contributed by atoms with van der Waals surface area (Å²) in [5.41, 5.74) is 0.353. The molecular weight excluding hydrogens is 318 g/mol. The van der Waals surface area contributed by atoms with E-state index in [1.807, 2.05) is 0 Å². The molecule has 1 saturated heterocycles. The summed E-state index contributed by atoms with van der Waals surface area (Å²) < 4.78 is 5.31. The molecule has 5 nitrogen and oxygen atoms in total. The first-order valence-corrected chi connectivity index (χ1v) is 9.84. The number of aliphatic carboxylic acids is 1. The van der Waals surface area contributed by atoms with Gasteiger partial charge in [-0.05, 0) is 61.7 Å². The molecule has 2 fully saturated rings. The third kappa shape index (κ3) is 6.28. The first-order valence-electron chi connectivity index (χ1n) is 9.84. The minimum absolute atomic E-state index is 0.0116. The monoisotopic (exact) mass is 353 g/mol. The van der Waals surface area contributed by atoms with E-state index in [-0.39, 0.29) is 18.4 Å². The Morgan fingerprint density at radius 1 is 1.08 bits per heavy atom. The molecule has 0 spiro atoms. The summed E-state index contributed by atoms with van der Waals surface area (Å²) in [7, 11) is 0. The maximum atomic E-state index is 12.3. The van der Waals surface area contributed by atoms with E-state index in [4.69, 9.17) is 4.74 Å². The number of carboxylic acid groups (broad SMARTS) is 1. The molecule has 5 heteroatoms. The number of hydrogen-bond acceptors (Lipinski definition) is 3. The molecule has 2 aliphatic rings. The molecule has 144 valence electrons. The average molecular weight is 354 g/mol. The Hall–Kier alpha value is -1.10. The van der Waals surface area contributed by atoms with Crippen LogP contribution < -0.4 is 5.32 Å². The number of carbonyl (C=O) groups excluding carboxylic acids is 1. The van der Waals surface area contributed by atoms with E-state index >= 15 is 0 Å². The number of nitrogens with one attached hydrogen (secondary N) is 1. The maximum Gasteiger partial charge on any atom is 0.308 e. The summed E-state index contributed by atoms with van der Waals surface area (Å²) in [5.74, 6) is 0.00957. The van der Waals surface area contributed by atoms with Crippen LogP contribution in [0.2, 0.25) is 0 Å². The van der Waals surface area contributed by atoms with Gasteiger partial charge in [-0.15, -0.1) is 0 Å². The fourth-order valence-corrected chi connectivity index (χ4v) is 4.36. The molecule has 1 aliphatic carbocycles. The fourth-order valence-electron chi connectivity index (χ4n) is 4.36. The molecule has 2 rings (SSSR count). The van der Waals surface area contributed by atoms with Gasteiger partial charge >= 0.3 is 5.97 Å². The van der Waals surface area contributed by atoms with Gasteiger partial charge in [0, 0.05) is 26.2 Å². The van der Waals surface area contributed by atoms with E-state index in [9.17, 15) is 14.7 Å². The number of rotatable bonds is 6. The molecule has 1 amide bonds. The van der Waals surface area contributed by atoms with Crippen LogP contribution in [0.1, 0.15) is 65.7 Å². The van der Waals surface area contributed by atoms with Gasteiger partial charge in [0.1, 0.15) is 0 Å². The summed E-state index contributed by atoms with van der Waals surface area (Å²) in [6.07, 6.45) is 6.68. The van der Waals surface area contributed by atoms with Crippen molar-refractivity contribution >= 4 is 11.9 Å². The van der Waals surface area contributed by atoms with Gasteiger partial charge in [-0.2, -0.15) is 0 Å². The van der Waals surface area contributed by atoms with Crippen LogP contribution in [0.15, 0.2) is 0 Å². The van der Waals surface area contributed by atoms with Gasteiger partial charge in [0.25, 0.3) is 0 Å². The number of carbonyl (C=O) groups is 2. The second-order valence-corrected chi connectivity index (χ2v) is 8.99. The van der Waals surface area contributed by atoms with Gasteiger partial charge < -0.3 is 15.2 Å². The molecule has 0 aromatic rings. The fraction of sp³-hybridized carbons (Fsp3) is 0.900. The predicted octanol–water partition coefficient (Wildman–Crippen LogP) is 3.47. The van der Waals surface area contributed by atoms with E-state index < -0.39 is 11.9 Å².